The van der Waals surface area contributed by atoms with Crippen molar-refractivity contribution in [3.63, 3.8) is 0 Å². The van der Waals surface area contributed by atoms with Gasteiger partial charge in [-0.25, -0.2) is 0 Å². The zero-order valence-corrected chi connectivity index (χ0v) is 12.1. The fraction of sp³-hybridized carbons (Fsp3) is 0.538. The smallest absolute Gasteiger partial charge is 0.211 e. The average molecular weight is 272 g/mol. The van der Waals surface area contributed by atoms with Crippen molar-refractivity contribution in [2.24, 2.45) is 0 Å². The Kier molecular flexibility index (Phi) is 9.27. The van der Waals surface area contributed by atoms with Crippen molar-refractivity contribution in [2.45, 2.75) is 43.6 Å². The summed E-state index contributed by atoms with van der Waals surface area (Å²) in [6.07, 6.45) is 5.69. The summed E-state index contributed by atoms with van der Waals surface area (Å²) in [6.45, 7) is 11.0. The Morgan fingerprint density at radius 3 is 1.65 bits per heavy atom. The molecule has 2 unspecified atom stereocenters. The van der Waals surface area contributed by atoms with Crippen molar-refractivity contribution in [3.8, 4) is 0 Å². The lowest BCUT2D eigenvalue weighted by molar-refractivity contribution is -0.107. The summed E-state index contributed by atoms with van der Waals surface area (Å²) in [5, 5.41) is 0.684. The Balaban J connectivity index is 3.68. The van der Waals surface area contributed by atoms with E-state index in [2.05, 4.69) is 13.2 Å². The zero-order valence-electron chi connectivity index (χ0n) is 10.5. The van der Waals surface area contributed by atoms with E-state index < -0.39 is 0 Å². The van der Waals surface area contributed by atoms with Gasteiger partial charge in [0.05, 0.1) is 0 Å². The molecule has 17 heavy (non-hydrogen) atoms. The molecule has 0 aliphatic carbocycles. The van der Waals surface area contributed by atoms with Crippen LogP contribution in [0.3, 0.4) is 0 Å². The zero-order chi connectivity index (χ0) is 13.3. The normalized spacial score (nSPS) is 13.8. The number of carbonyl (C=O) groups excluding carboxylic acids is 2. The van der Waals surface area contributed by atoms with Gasteiger partial charge in [0.1, 0.15) is 0 Å². The van der Waals surface area contributed by atoms with E-state index >= 15 is 0 Å². The first-order chi connectivity index (χ1) is 7.99. The van der Waals surface area contributed by atoms with Crippen LogP contribution >= 0.6 is 23.5 Å². The van der Waals surface area contributed by atoms with Gasteiger partial charge in [0.25, 0.3) is 0 Å². The summed E-state index contributed by atoms with van der Waals surface area (Å²) in [6, 6.07) is 0. The molecule has 0 aromatic rings. The van der Waals surface area contributed by atoms with Gasteiger partial charge in [0.2, 0.25) is 10.2 Å². The minimum atomic E-state index is 0.0294. The molecule has 0 aromatic carbocycles. The Labute approximate surface area is 112 Å². The molecule has 2 nitrogen and oxygen atoms in total. The molecule has 0 N–H and O–H groups in total. The van der Waals surface area contributed by atoms with Gasteiger partial charge in [0.15, 0.2) is 0 Å². The van der Waals surface area contributed by atoms with E-state index in [0.717, 1.165) is 19.3 Å². The Bertz CT molecular complexity index is 259. The molecule has 0 aromatic heterocycles. The molecular formula is C13H20O2S2. The van der Waals surface area contributed by atoms with Gasteiger partial charge in [-0.2, -0.15) is 0 Å². The van der Waals surface area contributed by atoms with E-state index in [-0.39, 0.29) is 10.2 Å². The van der Waals surface area contributed by atoms with Gasteiger partial charge < -0.3 is 0 Å². The van der Waals surface area contributed by atoms with Crippen LogP contribution in [0.2, 0.25) is 0 Å². The number of hydrogen-bond acceptors (Lipinski definition) is 4. The second kappa shape index (κ2) is 9.54. The number of carbonyl (C=O) groups is 2. The van der Waals surface area contributed by atoms with E-state index in [1.165, 1.54) is 35.7 Å². The van der Waals surface area contributed by atoms with Crippen LogP contribution in [-0.4, -0.2) is 20.7 Å². The maximum Gasteiger partial charge on any atom is 0.211 e. The molecule has 2 atom stereocenters. The summed E-state index contributed by atoms with van der Waals surface area (Å²) in [4.78, 5) is 22.2. The van der Waals surface area contributed by atoms with Crippen molar-refractivity contribution >= 4 is 33.8 Å². The lowest BCUT2D eigenvalue weighted by Gasteiger charge is -2.11. The van der Waals surface area contributed by atoms with Crippen LogP contribution in [0.4, 0.5) is 0 Å². The molecule has 96 valence electrons. The molecule has 0 heterocycles. The minimum absolute atomic E-state index is 0.0294. The highest BCUT2D eigenvalue weighted by Crippen LogP contribution is 2.22. The van der Waals surface area contributed by atoms with Crippen LogP contribution in [0.25, 0.3) is 0 Å². The third kappa shape index (κ3) is 9.24. The van der Waals surface area contributed by atoms with Crippen LogP contribution in [-0.2, 0) is 9.59 Å². The molecule has 4 heteroatoms. The van der Waals surface area contributed by atoms with E-state index in [9.17, 15) is 9.59 Å². The van der Waals surface area contributed by atoms with E-state index in [1.54, 1.807) is 0 Å². The monoisotopic (exact) mass is 272 g/mol. The van der Waals surface area contributed by atoms with Crippen molar-refractivity contribution in [2.75, 3.05) is 0 Å². The molecule has 0 bridgehead atoms. The third-order valence-electron chi connectivity index (χ3n) is 2.19. The lowest BCUT2D eigenvalue weighted by Crippen LogP contribution is -2.04. The maximum absolute atomic E-state index is 11.1. The molecule has 0 saturated carbocycles. The lowest BCUT2D eigenvalue weighted by atomic mass is 10.2. The fourth-order valence-electron chi connectivity index (χ4n) is 1.30. The second-order valence-corrected chi connectivity index (χ2v) is 6.72. The second-order valence-electron chi connectivity index (χ2n) is 3.83. The highest BCUT2D eigenvalue weighted by atomic mass is 32.2. The molecule has 0 aliphatic rings. The van der Waals surface area contributed by atoms with Crippen LogP contribution < -0.4 is 0 Å². The van der Waals surface area contributed by atoms with E-state index in [1.807, 2.05) is 13.8 Å². The van der Waals surface area contributed by atoms with Gasteiger partial charge in [-0.3, -0.25) is 9.59 Å². The van der Waals surface area contributed by atoms with Crippen molar-refractivity contribution < 1.29 is 9.59 Å². The Morgan fingerprint density at radius 1 is 1.00 bits per heavy atom. The quantitative estimate of drug-likeness (QED) is 0.629. The molecule has 0 saturated heterocycles. The molecular weight excluding hydrogens is 252 g/mol. The summed E-state index contributed by atoms with van der Waals surface area (Å²) >= 11 is 2.65. The van der Waals surface area contributed by atoms with Crippen LogP contribution in [0, 0.1) is 0 Å². The van der Waals surface area contributed by atoms with Crippen LogP contribution in [0.15, 0.2) is 25.3 Å². The molecule has 0 radical (unpaired) electrons. The Morgan fingerprint density at radius 2 is 1.35 bits per heavy atom. The average Bonchev–Trinajstić information content (AvgIpc) is 2.28. The molecule has 0 aliphatic heterocycles. The first-order valence-electron chi connectivity index (χ1n) is 5.65. The maximum atomic E-state index is 11.1. The van der Waals surface area contributed by atoms with Gasteiger partial charge >= 0.3 is 0 Å². The fourth-order valence-corrected chi connectivity index (χ4v) is 2.86. The molecule has 0 amide bonds. The highest BCUT2D eigenvalue weighted by molar-refractivity contribution is 8.14. The summed E-state index contributed by atoms with van der Waals surface area (Å²) in [5.74, 6) is 0. The predicted molar refractivity (Wildman–Crippen MR) is 78.4 cm³/mol. The van der Waals surface area contributed by atoms with Gasteiger partial charge in [-0.05, 0) is 25.0 Å². The SMILES string of the molecule is C=CC(=O)SC(C)CCCC(C)SC(=O)C=C. The molecule has 0 rings (SSSR count). The van der Waals surface area contributed by atoms with Crippen LogP contribution in [0.5, 0.6) is 0 Å². The predicted octanol–water partition coefficient (Wildman–Crippen LogP) is 3.83. The van der Waals surface area contributed by atoms with Crippen molar-refractivity contribution in [1.82, 2.24) is 0 Å². The largest absolute Gasteiger partial charge is 0.282 e. The topological polar surface area (TPSA) is 34.1 Å². The van der Waals surface area contributed by atoms with Gasteiger partial charge in [-0.1, -0.05) is 56.9 Å². The summed E-state index contributed by atoms with van der Waals surface area (Å²) < 4.78 is 0. The van der Waals surface area contributed by atoms with Gasteiger partial charge in [0, 0.05) is 10.5 Å². The van der Waals surface area contributed by atoms with Gasteiger partial charge in [-0.15, -0.1) is 0 Å². The van der Waals surface area contributed by atoms with Crippen molar-refractivity contribution in [1.29, 1.82) is 0 Å². The first-order valence-corrected chi connectivity index (χ1v) is 7.41. The van der Waals surface area contributed by atoms with Crippen molar-refractivity contribution in [3.05, 3.63) is 25.3 Å². The molecule has 0 fully saturated rings. The number of thioether (sulfide) groups is 2. The number of hydrogen-bond donors (Lipinski definition) is 0. The molecule has 0 spiro atoms. The minimum Gasteiger partial charge on any atom is -0.282 e. The number of rotatable bonds is 8. The summed E-state index contributed by atoms with van der Waals surface area (Å²) in [7, 11) is 0. The third-order valence-corrected chi connectivity index (χ3v) is 4.26. The van der Waals surface area contributed by atoms with E-state index in [4.69, 9.17) is 0 Å². The van der Waals surface area contributed by atoms with Crippen LogP contribution in [0.1, 0.15) is 33.1 Å². The Hall–Kier alpha value is -0.480. The highest BCUT2D eigenvalue weighted by Gasteiger charge is 2.10. The first kappa shape index (κ1) is 16.5. The van der Waals surface area contributed by atoms with E-state index in [0.29, 0.717) is 10.5 Å². The summed E-state index contributed by atoms with van der Waals surface area (Å²) in [5.41, 5.74) is 0. The standard InChI is InChI=1S/C13H20O2S2/c1-5-12(14)16-10(3)8-7-9-11(4)17-13(15)6-2/h5-6,10-11H,1-2,7-9H2,3-4H3.